The molecular formula is C13H16ClN3OS. The summed E-state index contributed by atoms with van der Waals surface area (Å²) in [6.07, 6.45) is 1.37. The van der Waals surface area contributed by atoms with E-state index in [2.05, 4.69) is 21.8 Å². The number of nitrogens with zero attached hydrogens (tertiary/aromatic N) is 3. The highest BCUT2D eigenvalue weighted by atomic mass is 35.5. The Morgan fingerprint density at radius 2 is 2.42 bits per heavy atom. The van der Waals surface area contributed by atoms with Crippen molar-refractivity contribution >= 4 is 33.2 Å². The van der Waals surface area contributed by atoms with E-state index in [4.69, 9.17) is 16.3 Å². The van der Waals surface area contributed by atoms with E-state index in [-0.39, 0.29) is 0 Å². The molecule has 1 saturated heterocycles. The second-order valence-electron chi connectivity index (χ2n) is 4.71. The number of fused-ring (bicyclic) bond motifs is 1. The van der Waals surface area contributed by atoms with Crippen LogP contribution in [0.25, 0.3) is 10.2 Å². The van der Waals surface area contributed by atoms with Gasteiger partial charge in [0.05, 0.1) is 19.3 Å². The van der Waals surface area contributed by atoms with Crippen LogP contribution in [0.2, 0.25) is 5.15 Å². The molecule has 2 aromatic heterocycles. The Bertz CT molecular complexity index is 574. The standard InChI is InChI=1S/C13H16ClN3OS/c1-2-9-7-17(4-5-18-9)8-11-15-12(14)10-3-6-19-13(10)16-11/h3,6,9H,2,4-5,7-8H2,1H3. The molecule has 0 spiro atoms. The van der Waals surface area contributed by atoms with Crippen molar-refractivity contribution in [2.24, 2.45) is 0 Å². The van der Waals surface area contributed by atoms with Crippen LogP contribution >= 0.6 is 22.9 Å². The number of thiophene rings is 1. The molecule has 4 nitrogen and oxygen atoms in total. The predicted molar refractivity (Wildman–Crippen MR) is 77.7 cm³/mol. The van der Waals surface area contributed by atoms with Gasteiger partial charge in [0.1, 0.15) is 15.8 Å². The summed E-state index contributed by atoms with van der Waals surface area (Å²) in [5.41, 5.74) is 0. The summed E-state index contributed by atoms with van der Waals surface area (Å²) in [7, 11) is 0. The van der Waals surface area contributed by atoms with Gasteiger partial charge in [-0.1, -0.05) is 18.5 Å². The van der Waals surface area contributed by atoms with Crippen molar-refractivity contribution < 1.29 is 4.74 Å². The van der Waals surface area contributed by atoms with Gasteiger partial charge in [0, 0.05) is 18.5 Å². The minimum Gasteiger partial charge on any atom is -0.376 e. The number of morpholine rings is 1. The third kappa shape index (κ3) is 2.89. The first-order valence-corrected chi connectivity index (χ1v) is 7.75. The topological polar surface area (TPSA) is 38.2 Å². The van der Waals surface area contributed by atoms with Crippen LogP contribution < -0.4 is 0 Å². The average molecular weight is 298 g/mol. The molecule has 0 bridgehead atoms. The van der Waals surface area contributed by atoms with E-state index in [0.29, 0.717) is 11.3 Å². The first-order chi connectivity index (χ1) is 9.26. The molecule has 6 heteroatoms. The molecule has 0 N–H and O–H groups in total. The second kappa shape index (κ2) is 5.71. The Morgan fingerprint density at radius 1 is 1.53 bits per heavy atom. The van der Waals surface area contributed by atoms with E-state index in [0.717, 1.165) is 48.7 Å². The Labute approximate surface area is 121 Å². The molecular weight excluding hydrogens is 282 g/mol. The van der Waals surface area contributed by atoms with Gasteiger partial charge >= 0.3 is 0 Å². The summed E-state index contributed by atoms with van der Waals surface area (Å²) >= 11 is 7.79. The van der Waals surface area contributed by atoms with Gasteiger partial charge in [0.25, 0.3) is 0 Å². The second-order valence-corrected chi connectivity index (χ2v) is 5.96. The molecule has 1 atom stereocenters. The van der Waals surface area contributed by atoms with Crippen LogP contribution in [0.1, 0.15) is 19.2 Å². The zero-order chi connectivity index (χ0) is 13.2. The van der Waals surface area contributed by atoms with Crippen LogP contribution in [0.4, 0.5) is 0 Å². The Hall–Kier alpha value is -0.750. The SMILES string of the molecule is CCC1CN(Cc2nc(Cl)c3ccsc3n2)CCO1. The van der Waals surface area contributed by atoms with Gasteiger partial charge in [-0.05, 0) is 17.9 Å². The summed E-state index contributed by atoms with van der Waals surface area (Å²) in [6, 6.07) is 1.97. The van der Waals surface area contributed by atoms with Crippen molar-refractivity contribution in [1.82, 2.24) is 14.9 Å². The molecule has 0 amide bonds. The van der Waals surface area contributed by atoms with Crippen molar-refractivity contribution in [2.75, 3.05) is 19.7 Å². The van der Waals surface area contributed by atoms with Gasteiger partial charge in [-0.15, -0.1) is 11.3 Å². The highest BCUT2D eigenvalue weighted by Crippen LogP contribution is 2.25. The highest BCUT2D eigenvalue weighted by molar-refractivity contribution is 7.16. The third-order valence-corrected chi connectivity index (χ3v) is 4.46. The lowest BCUT2D eigenvalue weighted by Gasteiger charge is -2.31. The van der Waals surface area contributed by atoms with Crippen molar-refractivity contribution in [1.29, 1.82) is 0 Å². The van der Waals surface area contributed by atoms with Crippen LogP contribution in [0.15, 0.2) is 11.4 Å². The van der Waals surface area contributed by atoms with Crippen molar-refractivity contribution in [2.45, 2.75) is 26.0 Å². The van der Waals surface area contributed by atoms with Gasteiger partial charge in [0.2, 0.25) is 0 Å². The monoisotopic (exact) mass is 297 g/mol. The maximum atomic E-state index is 6.19. The zero-order valence-electron chi connectivity index (χ0n) is 10.8. The summed E-state index contributed by atoms with van der Waals surface area (Å²) in [4.78, 5) is 12.3. The predicted octanol–water partition coefficient (Wildman–Crippen LogP) is 2.96. The third-order valence-electron chi connectivity index (χ3n) is 3.37. The molecule has 1 aliphatic rings. The molecule has 0 saturated carbocycles. The molecule has 2 aromatic rings. The van der Waals surface area contributed by atoms with Crippen LogP contribution in [0, 0.1) is 0 Å². The molecule has 102 valence electrons. The largest absolute Gasteiger partial charge is 0.376 e. The molecule has 3 rings (SSSR count). The smallest absolute Gasteiger partial charge is 0.145 e. The lowest BCUT2D eigenvalue weighted by Crippen LogP contribution is -2.41. The number of aromatic nitrogens is 2. The summed E-state index contributed by atoms with van der Waals surface area (Å²) in [5.74, 6) is 0.803. The van der Waals surface area contributed by atoms with E-state index >= 15 is 0 Å². The average Bonchev–Trinajstić information content (AvgIpc) is 2.88. The number of rotatable bonds is 3. The lowest BCUT2D eigenvalue weighted by atomic mass is 10.2. The Kier molecular flexibility index (Phi) is 3.98. The molecule has 3 heterocycles. The van der Waals surface area contributed by atoms with Crippen molar-refractivity contribution in [3.8, 4) is 0 Å². The Morgan fingerprint density at radius 3 is 3.26 bits per heavy atom. The van der Waals surface area contributed by atoms with Crippen molar-refractivity contribution in [3.05, 3.63) is 22.4 Å². The van der Waals surface area contributed by atoms with E-state index in [1.807, 2.05) is 11.4 Å². The Balaban J connectivity index is 1.77. The molecule has 19 heavy (non-hydrogen) atoms. The first kappa shape index (κ1) is 13.2. The lowest BCUT2D eigenvalue weighted by molar-refractivity contribution is -0.0331. The fourth-order valence-electron chi connectivity index (χ4n) is 2.30. The van der Waals surface area contributed by atoms with Crippen LogP contribution in [0.3, 0.4) is 0 Å². The zero-order valence-corrected chi connectivity index (χ0v) is 12.4. The van der Waals surface area contributed by atoms with Crippen LogP contribution in [-0.2, 0) is 11.3 Å². The molecule has 1 aliphatic heterocycles. The number of halogens is 1. The molecule has 0 aromatic carbocycles. The van der Waals surface area contributed by atoms with Crippen LogP contribution in [0.5, 0.6) is 0 Å². The van der Waals surface area contributed by atoms with E-state index in [1.165, 1.54) is 0 Å². The van der Waals surface area contributed by atoms with E-state index < -0.39 is 0 Å². The number of hydrogen-bond acceptors (Lipinski definition) is 5. The quantitative estimate of drug-likeness (QED) is 0.817. The van der Waals surface area contributed by atoms with Crippen LogP contribution in [-0.4, -0.2) is 40.7 Å². The molecule has 1 unspecified atom stereocenters. The van der Waals surface area contributed by atoms with Gasteiger partial charge in [-0.2, -0.15) is 0 Å². The fourth-order valence-corrected chi connectivity index (χ4v) is 3.39. The van der Waals surface area contributed by atoms with Gasteiger partial charge in [-0.25, -0.2) is 9.97 Å². The van der Waals surface area contributed by atoms with Gasteiger partial charge in [-0.3, -0.25) is 4.90 Å². The molecule has 1 fully saturated rings. The normalized spacial score (nSPS) is 21.1. The summed E-state index contributed by atoms with van der Waals surface area (Å²) in [6.45, 7) is 5.56. The molecule has 0 radical (unpaired) electrons. The van der Waals surface area contributed by atoms with E-state index in [1.54, 1.807) is 11.3 Å². The summed E-state index contributed by atoms with van der Waals surface area (Å²) in [5, 5.41) is 3.50. The molecule has 0 aliphatic carbocycles. The maximum Gasteiger partial charge on any atom is 0.145 e. The highest BCUT2D eigenvalue weighted by Gasteiger charge is 2.20. The van der Waals surface area contributed by atoms with Gasteiger partial charge in [0.15, 0.2) is 0 Å². The fraction of sp³-hybridized carbons (Fsp3) is 0.538. The van der Waals surface area contributed by atoms with E-state index in [9.17, 15) is 0 Å². The number of hydrogen-bond donors (Lipinski definition) is 0. The maximum absolute atomic E-state index is 6.19. The summed E-state index contributed by atoms with van der Waals surface area (Å²) < 4.78 is 5.67. The first-order valence-electron chi connectivity index (χ1n) is 6.50. The minimum atomic E-state index is 0.328. The van der Waals surface area contributed by atoms with Gasteiger partial charge < -0.3 is 4.74 Å². The number of ether oxygens (including phenoxy) is 1. The minimum absolute atomic E-state index is 0.328. The van der Waals surface area contributed by atoms with Crippen molar-refractivity contribution in [3.63, 3.8) is 0 Å².